The minimum Gasteiger partial charge on any atom is -0.410 e. The molecule has 0 aromatic heterocycles. The van der Waals surface area contributed by atoms with Crippen molar-refractivity contribution in [1.82, 2.24) is 9.80 Å². The third-order valence-electron chi connectivity index (χ3n) is 5.23. The maximum Gasteiger partial charge on any atom is 0.415 e. The van der Waals surface area contributed by atoms with Crippen LogP contribution in [0.25, 0.3) is 0 Å². The molecule has 1 amide bonds. The minimum atomic E-state index is -0.320. The number of amides is 1. The Morgan fingerprint density at radius 1 is 1.26 bits per heavy atom. The number of ether oxygens (including phenoxy) is 1. The lowest BCUT2D eigenvalue weighted by Gasteiger charge is -2.33. The molecule has 1 aliphatic carbocycles. The first-order chi connectivity index (χ1) is 13.0. The van der Waals surface area contributed by atoms with Crippen LogP contribution in [0.3, 0.4) is 0 Å². The van der Waals surface area contributed by atoms with Gasteiger partial charge in [-0.3, -0.25) is 4.90 Å². The number of aliphatic hydroxyl groups excluding tert-OH is 1. The number of allylic oxidation sites excluding steroid dienone is 1. The topological polar surface area (TPSA) is 53.0 Å². The number of hydrogen-bond donors (Lipinski definition) is 1. The van der Waals surface area contributed by atoms with Crippen LogP contribution in [0.2, 0.25) is 5.02 Å². The fourth-order valence-electron chi connectivity index (χ4n) is 3.43. The lowest BCUT2D eigenvalue weighted by atomic mass is 9.85. The fourth-order valence-corrected chi connectivity index (χ4v) is 3.55. The average Bonchev–Trinajstić information content (AvgIpc) is 2.69. The largest absolute Gasteiger partial charge is 0.415 e. The molecule has 1 aromatic rings. The van der Waals surface area contributed by atoms with Crippen molar-refractivity contribution in [1.29, 1.82) is 0 Å². The molecule has 1 fully saturated rings. The van der Waals surface area contributed by atoms with Gasteiger partial charge in [-0.2, -0.15) is 0 Å². The molecule has 27 heavy (non-hydrogen) atoms. The SMILES string of the molecule is CCN(C/C=C/C1CCC(N(C)C(=O)Oc2ccc(Cl)cc2)CC1)CCO. The molecule has 6 heteroatoms. The summed E-state index contributed by atoms with van der Waals surface area (Å²) in [6, 6.07) is 7.04. The number of carbonyl (C=O) groups excluding carboxylic acids is 1. The van der Waals surface area contributed by atoms with E-state index in [2.05, 4.69) is 24.0 Å². The van der Waals surface area contributed by atoms with E-state index in [1.165, 1.54) is 0 Å². The summed E-state index contributed by atoms with van der Waals surface area (Å²) in [4.78, 5) is 16.3. The summed E-state index contributed by atoms with van der Waals surface area (Å²) in [6.07, 6.45) is 8.30. The summed E-state index contributed by atoms with van der Waals surface area (Å²) in [7, 11) is 1.81. The maximum absolute atomic E-state index is 12.4. The maximum atomic E-state index is 12.4. The second-order valence-corrected chi connectivity index (χ2v) is 7.48. The van der Waals surface area contributed by atoms with Crippen LogP contribution in [0, 0.1) is 5.92 Å². The van der Waals surface area contributed by atoms with Crippen molar-refractivity contribution < 1.29 is 14.6 Å². The highest BCUT2D eigenvalue weighted by atomic mass is 35.5. The summed E-state index contributed by atoms with van der Waals surface area (Å²) >= 11 is 5.85. The quantitative estimate of drug-likeness (QED) is 0.671. The van der Waals surface area contributed by atoms with Crippen LogP contribution < -0.4 is 4.74 Å². The molecule has 0 unspecified atom stereocenters. The third-order valence-corrected chi connectivity index (χ3v) is 5.48. The summed E-state index contributed by atoms with van der Waals surface area (Å²) in [6.45, 7) is 4.84. The van der Waals surface area contributed by atoms with Crippen LogP contribution in [0.15, 0.2) is 36.4 Å². The van der Waals surface area contributed by atoms with Gasteiger partial charge < -0.3 is 14.7 Å². The molecule has 1 aromatic carbocycles. The van der Waals surface area contributed by atoms with Crippen LogP contribution in [0.5, 0.6) is 5.75 Å². The molecule has 1 aliphatic rings. The zero-order valence-corrected chi connectivity index (χ0v) is 17.1. The zero-order chi connectivity index (χ0) is 19.6. The van der Waals surface area contributed by atoms with Crippen molar-refractivity contribution in [2.45, 2.75) is 38.6 Å². The number of hydrogen-bond acceptors (Lipinski definition) is 4. The normalized spacial score (nSPS) is 20.2. The van der Waals surface area contributed by atoms with Crippen molar-refractivity contribution in [3.63, 3.8) is 0 Å². The molecule has 1 N–H and O–H groups in total. The van der Waals surface area contributed by atoms with Gasteiger partial charge in [-0.1, -0.05) is 30.7 Å². The molecule has 0 radical (unpaired) electrons. The smallest absolute Gasteiger partial charge is 0.410 e. The van der Waals surface area contributed by atoms with E-state index in [9.17, 15) is 4.79 Å². The van der Waals surface area contributed by atoms with Gasteiger partial charge in [-0.05, 0) is 62.4 Å². The number of carbonyl (C=O) groups is 1. The van der Waals surface area contributed by atoms with Crippen molar-refractivity contribution in [3.8, 4) is 5.75 Å². The predicted molar refractivity (Wildman–Crippen MR) is 109 cm³/mol. The first-order valence-corrected chi connectivity index (χ1v) is 10.1. The highest BCUT2D eigenvalue weighted by Gasteiger charge is 2.26. The molecule has 2 rings (SSSR count). The fraction of sp³-hybridized carbons (Fsp3) is 0.571. The lowest BCUT2D eigenvalue weighted by Crippen LogP contribution is -2.40. The van der Waals surface area contributed by atoms with Gasteiger partial charge in [-0.25, -0.2) is 4.79 Å². The molecule has 0 aliphatic heterocycles. The Morgan fingerprint density at radius 3 is 2.52 bits per heavy atom. The van der Waals surface area contributed by atoms with E-state index in [1.54, 1.807) is 29.2 Å². The van der Waals surface area contributed by atoms with Gasteiger partial charge in [0, 0.05) is 31.2 Å². The predicted octanol–water partition coefficient (Wildman–Crippen LogP) is 4.20. The van der Waals surface area contributed by atoms with E-state index in [4.69, 9.17) is 21.4 Å². The monoisotopic (exact) mass is 394 g/mol. The Labute approximate surface area is 167 Å². The summed E-state index contributed by atoms with van der Waals surface area (Å²) in [5.41, 5.74) is 0. The third kappa shape index (κ3) is 7.17. The van der Waals surface area contributed by atoms with E-state index in [1.807, 2.05) is 7.05 Å². The Kier molecular flexibility index (Phi) is 9.11. The molecule has 5 nitrogen and oxygen atoms in total. The van der Waals surface area contributed by atoms with Gasteiger partial charge in [0.05, 0.1) is 6.61 Å². The Balaban J connectivity index is 1.75. The van der Waals surface area contributed by atoms with Crippen molar-refractivity contribution in [2.24, 2.45) is 5.92 Å². The number of rotatable bonds is 8. The van der Waals surface area contributed by atoms with Crippen LogP contribution in [-0.2, 0) is 0 Å². The number of aliphatic hydroxyl groups is 1. The van der Waals surface area contributed by atoms with E-state index in [0.717, 1.165) is 38.8 Å². The van der Waals surface area contributed by atoms with Crippen molar-refractivity contribution in [2.75, 3.05) is 33.3 Å². The van der Waals surface area contributed by atoms with Gasteiger partial charge in [0.2, 0.25) is 0 Å². The van der Waals surface area contributed by atoms with Gasteiger partial charge in [-0.15, -0.1) is 0 Å². The van der Waals surface area contributed by atoms with E-state index < -0.39 is 0 Å². The molecule has 0 bridgehead atoms. The van der Waals surface area contributed by atoms with E-state index >= 15 is 0 Å². The first kappa shape index (κ1) is 21.7. The Hall–Kier alpha value is -1.56. The Bertz CT molecular complexity index is 598. The Morgan fingerprint density at radius 2 is 1.93 bits per heavy atom. The highest BCUT2D eigenvalue weighted by molar-refractivity contribution is 6.30. The molecule has 0 atom stereocenters. The summed E-state index contributed by atoms with van der Waals surface area (Å²) in [5.74, 6) is 1.07. The molecular formula is C21H31ClN2O3. The van der Waals surface area contributed by atoms with E-state index in [0.29, 0.717) is 23.2 Å². The van der Waals surface area contributed by atoms with Crippen LogP contribution in [-0.4, -0.2) is 60.3 Å². The summed E-state index contributed by atoms with van der Waals surface area (Å²) in [5, 5.41) is 9.65. The standard InChI is InChI=1S/C21H31ClN2O3/c1-3-24(15-16-25)14-4-5-17-6-10-19(11-7-17)23(2)21(26)27-20-12-8-18(22)9-13-20/h4-5,8-9,12-13,17,19,25H,3,6-7,10-11,14-16H2,1-2H3/b5-4+. The van der Waals surface area contributed by atoms with E-state index in [-0.39, 0.29) is 18.7 Å². The van der Waals surface area contributed by atoms with Crippen molar-refractivity contribution >= 4 is 17.7 Å². The summed E-state index contributed by atoms with van der Waals surface area (Å²) < 4.78 is 5.43. The van der Waals surface area contributed by atoms with Crippen molar-refractivity contribution in [3.05, 3.63) is 41.4 Å². The number of halogens is 1. The first-order valence-electron chi connectivity index (χ1n) is 9.73. The zero-order valence-electron chi connectivity index (χ0n) is 16.3. The molecular weight excluding hydrogens is 364 g/mol. The van der Waals surface area contributed by atoms with Gasteiger partial charge in [0.15, 0.2) is 0 Å². The highest BCUT2D eigenvalue weighted by Crippen LogP contribution is 2.28. The van der Waals surface area contributed by atoms with Gasteiger partial charge in [0.25, 0.3) is 0 Å². The molecule has 150 valence electrons. The molecule has 0 saturated heterocycles. The van der Waals surface area contributed by atoms with Crippen LogP contribution in [0.1, 0.15) is 32.6 Å². The minimum absolute atomic E-state index is 0.200. The lowest BCUT2D eigenvalue weighted by molar-refractivity contribution is 0.128. The molecule has 0 heterocycles. The second-order valence-electron chi connectivity index (χ2n) is 7.05. The number of likely N-dealkylation sites (N-methyl/N-ethyl adjacent to an activating group) is 1. The molecule has 0 spiro atoms. The van der Waals surface area contributed by atoms with Crippen LogP contribution in [0.4, 0.5) is 4.79 Å². The van der Waals surface area contributed by atoms with Gasteiger partial charge in [0.1, 0.15) is 5.75 Å². The number of benzene rings is 1. The second kappa shape index (κ2) is 11.3. The van der Waals surface area contributed by atoms with Crippen LogP contribution >= 0.6 is 11.6 Å². The molecule has 1 saturated carbocycles. The average molecular weight is 395 g/mol. The number of nitrogens with zero attached hydrogens (tertiary/aromatic N) is 2. The van der Waals surface area contributed by atoms with Gasteiger partial charge >= 0.3 is 6.09 Å².